The van der Waals surface area contributed by atoms with E-state index in [0.29, 0.717) is 54.5 Å². The van der Waals surface area contributed by atoms with Crippen molar-refractivity contribution in [2.75, 3.05) is 62.7 Å². The number of nitrogens with zero attached hydrogens (tertiary/aromatic N) is 8. The van der Waals surface area contributed by atoms with Crippen LogP contribution >= 0.6 is 0 Å². The molecule has 13 heteroatoms. The molecule has 0 aliphatic carbocycles. The van der Waals surface area contributed by atoms with Gasteiger partial charge in [-0.25, -0.2) is 14.4 Å². The highest BCUT2D eigenvalue weighted by atomic mass is 19.1. The highest BCUT2D eigenvalue weighted by Gasteiger charge is 2.35. The normalized spacial score (nSPS) is 23.2. The summed E-state index contributed by atoms with van der Waals surface area (Å²) in [4.78, 5) is 36.3. The quantitative estimate of drug-likeness (QED) is 0.392. The Bertz CT molecular complexity index is 1720. The van der Waals surface area contributed by atoms with Crippen LogP contribution < -0.4 is 15.0 Å². The molecule has 0 spiro atoms. The van der Waals surface area contributed by atoms with Gasteiger partial charge >= 0.3 is 0 Å². The molecule has 3 saturated heterocycles. The van der Waals surface area contributed by atoms with Crippen molar-refractivity contribution in [1.82, 2.24) is 24.8 Å². The maximum atomic E-state index is 15.1. The number of aromatic nitrogens is 3. The average molecular weight is 638 g/mol. The van der Waals surface area contributed by atoms with Crippen molar-refractivity contribution in [2.45, 2.75) is 37.7 Å². The van der Waals surface area contributed by atoms with Gasteiger partial charge in [0.15, 0.2) is 12.0 Å². The van der Waals surface area contributed by atoms with Crippen LogP contribution in [0.3, 0.4) is 0 Å². The van der Waals surface area contributed by atoms with Gasteiger partial charge in [-0.05, 0) is 55.5 Å². The van der Waals surface area contributed by atoms with Crippen LogP contribution in [0.5, 0.6) is 5.75 Å². The summed E-state index contributed by atoms with van der Waals surface area (Å²) in [6.45, 7) is 7.57. The molecule has 0 bridgehead atoms. The molecule has 0 unspecified atom stereocenters. The Labute approximate surface area is 272 Å². The molecule has 3 fully saturated rings. The van der Waals surface area contributed by atoms with Crippen LogP contribution in [0.15, 0.2) is 65.4 Å². The molecule has 5 heterocycles. The van der Waals surface area contributed by atoms with Crippen molar-refractivity contribution >= 4 is 29.4 Å². The fraction of sp³-hybridized carbons (Fsp3) is 0.412. The third-order valence-electron chi connectivity index (χ3n) is 9.15. The van der Waals surface area contributed by atoms with Gasteiger partial charge in [0.2, 0.25) is 5.95 Å². The van der Waals surface area contributed by atoms with Crippen LogP contribution in [0, 0.1) is 11.3 Å². The van der Waals surface area contributed by atoms with Crippen molar-refractivity contribution in [3.63, 3.8) is 0 Å². The predicted octanol–water partition coefficient (Wildman–Crippen LogP) is 3.39. The minimum absolute atomic E-state index is 0.0726. The number of carbonyl (C=O) groups is 1. The molecule has 1 aromatic heterocycles. The first kappa shape index (κ1) is 30.7. The number of alkyl halides is 1. The number of piperazine rings is 1. The number of halogens is 1. The molecule has 1 amide bonds. The van der Waals surface area contributed by atoms with E-state index in [1.165, 1.54) is 16.9 Å². The van der Waals surface area contributed by atoms with E-state index in [-0.39, 0.29) is 23.8 Å². The van der Waals surface area contributed by atoms with E-state index >= 15 is 4.39 Å². The number of piperidine rings is 1. The Hall–Kier alpha value is -4.93. The van der Waals surface area contributed by atoms with Gasteiger partial charge in [-0.2, -0.15) is 10.2 Å². The van der Waals surface area contributed by atoms with Gasteiger partial charge in [0, 0.05) is 67.4 Å². The predicted molar refractivity (Wildman–Crippen MR) is 175 cm³/mol. The van der Waals surface area contributed by atoms with E-state index in [4.69, 9.17) is 9.47 Å². The summed E-state index contributed by atoms with van der Waals surface area (Å²) in [6, 6.07) is 16.3. The lowest BCUT2D eigenvalue weighted by Crippen LogP contribution is -2.59. The van der Waals surface area contributed by atoms with Crippen LogP contribution in [0.25, 0.3) is 11.4 Å². The first-order valence-electron chi connectivity index (χ1n) is 15.9. The number of amides is 1. The summed E-state index contributed by atoms with van der Waals surface area (Å²) in [7, 11) is 0. The Morgan fingerprint density at radius 1 is 1.11 bits per heavy atom. The Balaban J connectivity index is 0.972. The van der Waals surface area contributed by atoms with Crippen LogP contribution in [0.2, 0.25) is 0 Å². The van der Waals surface area contributed by atoms with Crippen molar-refractivity contribution in [1.29, 1.82) is 5.26 Å². The fourth-order valence-corrected chi connectivity index (χ4v) is 6.41. The van der Waals surface area contributed by atoms with Crippen molar-refractivity contribution < 1.29 is 18.7 Å². The monoisotopic (exact) mass is 637 g/mol. The third kappa shape index (κ3) is 6.65. The lowest BCUT2D eigenvalue weighted by molar-refractivity contribution is -0.130. The molecule has 4 aliphatic rings. The maximum absolute atomic E-state index is 15.1. The van der Waals surface area contributed by atoms with Gasteiger partial charge in [-0.1, -0.05) is 0 Å². The first-order chi connectivity index (χ1) is 22.9. The molecule has 0 saturated carbocycles. The van der Waals surface area contributed by atoms with Gasteiger partial charge < -0.3 is 24.6 Å². The standard InChI is InChI=1S/C34H36FN9O3/c1-22-17-42(28-19-46-20-28)12-13-44(22)27-5-3-26(4-6-27)40-34-39-21-38-32(41-34)23-2-7-30(25(14-23)15-36)47-31-9-11-43(18-29(31)35)33(45)24-8-10-37-16-24/h2-8,10,14,21-22,28-29,31H,9,11-13,16-20H2,1H3,(H,38,39,40,41)/t22-,29+,31-/m0/s1. The fourth-order valence-electron chi connectivity index (χ4n) is 6.41. The third-order valence-corrected chi connectivity index (χ3v) is 9.15. The number of hydrogen-bond acceptors (Lipinski definition) is 11. The number of ether oxygens (including phenoxy) is 2. The van der Waals surface area contributed by atoms with Gasteiger partial charge in [-0.3, -0.25) is 14.7 Å². The number of anilines is 3. The maximum Gasteiger partial charge on any atom is 0.251 e. The van der Waals surface area contributed by atoms with E-state index in [1.54, 1.807) is 30.5 Å². The van der Waals surface area contributed by atoms with Gasteiger partial charge in [0.1, 0.15) is 24.3 Å². The highest BCUT2D eigenvalue weighted by molar-refractivity contribution is 5.99. The SMILES string of the molecule is C[C@H]1CN(C2COC2)CCN1c1ccc(Nc2ncnc(-c3ccc(O[C@H]4CCN(C(=O)C5=CC=NC5)C[C@H]4F)c(C#N)c3)n2)cc1. The Kier molecular flexibility index (Phi) is 8.78. The van der Waals surface area contributed by atoms with Crippen LogP contribution in [-0.4, -0.2) is 114 Å². The van der Waals surface area contributed by atoms with Crippen molar-refractivity contribution in [3.05, 3.63) is 66.0 Å². The molecule has 3 aromatic rings. The lowest BCUT2D eigenvalue weighted by atomic mass is 10.0. The summed E-state index contributed by atoms with van der Waals surface area (Å²) in [6.07, 6.45) is 2.81. The zero-order valence-electron chi connectivity index (χ0n) is 26.1. The highest BCUT2D eigenvalue weighted by Crippen LogP contribution is 2.30. The Morgan fingerprint density at radius 2 is 1.96 bits per heavy atom. The largest absolute Gasteiger partial charge is 0.486 e. The molecule has 3 atom stereocenters. The summed E-state index contributed by atoms with van der Waals surface area (Å²) >= 11 is 0. The zero-order valence-corrected chi connectivity index (χ0v) is 26.1. The van der Waals surface area contributed by atoms with Crippen LogP contribution in [0.1, 0.15) is 18.9 Å². The second kappa shape index (κ2) is 13.4. The number of nitriles is 1. The number of nitrogens with one attached hydrogen (secondary N) is 1. The van der Waals surface area contributed by atoms with E-state index in [1.807, 2.05) is 12.1 Å². The van der Waals surface area contributed by atoms with Crippen molar-refractivity contribution in [3.8, 4) is 23.2 Å². The minimum Gasteiger partial charge on any atom is -0.486 e. The zero-order chi connectivity index (χ0) is 32.3. The summed E-state index contributed by atoms with van der Waals surface area (Å²) in [5.41, 5.74) is 3.41. The number of allylic oxidation sites excluding steroid dienone is 1. The number of aliphatic imine (C=N–C) groups is 1. The second-order valence-corrected chi connectivity index (χ2v) is 12.2. The van der Waals surface area contributed by atoms with E-state index in [0.717, 1.165) is 38.5 Å². The molecular formula is C34H36FN9O3. The van der Waals surface area contributed by atoms with Gasteiger partial charge in [0.25, 0.3) is 5.91 Å². The number of hydrogen-bond donors (Lipinski definition) is 1. The first-order valence-corrected chi connectivity index (χ1v) is 15.9. The molecule has 242 valence electrons. The summed E-state index contributed by atoms with van der Waals surface area (Å²) in [5.74, 6) is 0.822. The number of rotatable bonds is 8. The van der Waals surface area contributed by atoms with Gasteiger partial charge in [0.05, 0.1) is 37.9 Å². The number of likely N-dealkylation sites (tertiary alicyclic amines) is 1. The van der Waals surface area contributed by atoms with Crippen LogP contribution in [-0.2, 0) is 9.53 Å². The number of carbonyl (C=O) groups excluding carboxylic acids is 1. The molecule has 2 aromatic carbocycles. The summed E-state index contributed by atoms with van der Waals surface area (Å²) < 4.78 is 26.5. The minimum atomic E-state index is -1.39. The smallest absolute Gasteiger partial charge is 0.251 e. The molecule has 4 aliphatic heterocycles. The van der Waals surface area contributed by atoms with Crippen LogP contribution in [0.4, 0.5) is 21.7 Å². The molecule has 1 N–H and O–H groups in total. The summed E-state index contributed by atoms with van der Waals surface area (Å²) in [5, 5.41) is 13.1. The lowest BCUT2D eigenvalue weighted by Gasteiger charge is -2.46. The molecule has 47 heavy (non-hydrogen) atoms. The van der Waals surface area contributed by atoms with E-state index < -0.39 is 12.3 Å². The van der Waals surface area contributed by atoms with Crippen molar-refractivity contribution in [2.24, 2.45) is 4.99 Å². The molecule has 0 radical (unpaired) electrons. The Morgan fingerprint density at radius 3 is 2.66 bits per heavy atom. The molecule has 7 rings (SSSR count). The molecule has 12 nitrogen and oxygen atoms in total. The molecular weight excluding hydrogens is 601 g/mol. The van der Waals surface area contributed by atoms with E-state index in [2.05, 4.69) is 60.2 Å². The average Bonchev–Trinajstić information content (AvgIpc) is 3.61. The van der Waals surface area contributed by atoms with E-state index in [9.17, 15) is 10.1 Å². The van der Waals surface area contributed by atoms with Gasteiger partial charge in [-0.15, -0.1) is 0 Å². The number of benzene rings is 2. The second-order valence-electron chi connectivity index (χ2n) is 12.2. The topological polar surface area (TPSA) is 132 Å².